The highest BCUT2D eigenvalue weighted by atomic mass is 79.9. The van der Waals surface area contributed by atoms with Gasteiger partial charge < -0.3 is 5.11 Å². The Morgan fingerprint density at radius 1 is 1.33 bits per heavy atom. The Labute approximate surface area is 115 Å². The van der Waals surface area contributed by atoms with Gasteiger partial charge in [-0.2, -0.15) is 0 Å². The molecule has 0 spiro atoms. The molecule has 1 heterocycles. The zero-order valence-corrected chi connectivity index (χ0v) is 12.1. The van der Waals surface area contributed by atoms with Crippen molar-refractivity contribution in [3.8, 4) is 0 Å². The van der Waals surface area contributed by atoms with E-state index in [-0.39, 0.29) is 0 Å². The predicted octanol–water partition coefficient (Wildman–Crippen LogP) is 2.55. The van der Waals surface area contributed by atoms with E-state index in [0.29, 0.717) is 11.0 Å². The second-order valence-corrected chi connectivity index (χ2v) is 5.18. The number of rotatable bonds is 4. The van der Waals surface area contributed by atoms with E-state index >= 15 is 0 Å². The van der Waals surface area contributed by atoms with Crippen LogP contribution in [-0.4, -0.2) is 20.1 Å². The van der Waals surface area contributed by atoms with Crippen LogP contribution in [0.4, 0.5) is 0 Å². The lowest BCUT2D eigenvalue weighted by Gasteiger charge is -2.11. The molecule has 2 rings (SSSR count). The van der Waals surface area contributed by atoms with Crippen LogP contribution in [0.5, 0.6) is 0 Å². The Hall–Kier alpha value is -1.20. The van der Waals surface area contributed by atoms with Gasteiger partial charge >= 0.3 is 0 Å². The summed E-state index contributed by atoms with van der Waals surface area (Å²) in [5.74, 6) is 0. The van der Waals surface area contributed by atoms with Crippen LogP contribution in [0.2, 0.25) is 0 Å². The number of aliphatic hydroxyl groups excluding tert-OH is 1. The molecule has 0 fully saturated rings. The summed E-state index contributed by atoms with van der Waals surface area (Å²) in [6, 6.07) is 8.36. The van der Waals surface area contributed by atoms with Crippen LogP contribution >= 0.6 is 15.9 Å². The standard InChI is InChI=1S/C13H16BrN3O/c1-9-3-5-10(6-4-9)7-8-11(18)12-13(14)15-16-17(12)2/h3-6,11,18H,7-8H2,1-2H3. The van der Waals surface area contributed by atoms with E-state index in [1.807, 2.05) is 0 Å². The Morgan fingerprint density at radius 3 is 2.56 bits per heavy atom. The minimum absolute atomic E-state index is 0.555. The first-order chi connectivity index (χ1) is 8.58. The Bertz CT molecular complexity index is 502. The maximum absolute atomic E-state index is 10.2. The fourth-order valence-electron chi connectivity index (χ4n) is 1.89. The van der Waals surface area contributed by atoms with Gasteiger partial charge in [-0.25, -0.2) is 4.68 Å². The second-order valence-electron chi connectivity index (χ2n) is 4.43. The van der Waals surface area contributed by atoms with E-state index in [1.165, 1.54) is 11.1 Å². The summed E-state index contributed by atoms with van der Waals surface area (Å²) < 4.78 is 2.21. The van der Waals surface area contributed by atoms with E-state index in [0.717, 1.165) is 12.1 Å². The topological polar surface area (TPSA) is 50.9 Å². The van der Waals surface area contributed by atoms with Gasteiger partial charge in [0.05, 0.1) is 6.10 Å². The fraction of sp³-hybridized carbons (Fsp3) is 0.385. The molecule has 0 aliphatic rings. The van der Waals surface area contributed by atoms with Crippen molar-refractivity contribution in [2.75, 3.05) is 0 Å². The summed E-state index contributed by atoms with van der Waals surface area (Å²) >= 11 is 3.30. The molecule has 0 bridgehead atoms. The van der Waals surface area contributed by atoms with E-state index < -0.39 is 6.10 Å². The lowest BCUT2D eigenvalue weighted by Crippen LogP contribution is -2.07. The molecule has 1 aromatic heterocycles. The molecule has 18 heavy (non-hydrogen) atoms. The van der Waals surface area contributed by atoms with Gasteiger partial charge in [-0.05, 0) is 41.3 Å². The third-order valence-electron chi connectivity index (χ3n) is 2.97. The highest BCUT2D eigenvalue weighted by Gasteiger charge is 2.17. The molecular formula is C13H16BrN3O. The molecule has 0 aliphatic heterocycles. The number of hydrogen-bond acceptors (Lipinski definition) is 3. The van der Waals surface area contributed by atoms with Crippen molar-refractivity contribution in [3.05, 3.63) is 45.7 Å². The predicted molar refractivity (Wildman–Crippen MR) is 73.2 cm³/mol. The molecular weight excluding hydrogens is 294 g/mol. The number of aryl methyl sites for hydroxylation is 3. The minimum Gasteiger partial charge on any atom is -0.387 e. The number of halogens is 1. The van der Waals surface area contributed by atoms with Gasteiger partial charge in [0.1, 0.15) is 5.69 Å². The Kier molecular flexibility index (Phi) is 4.14. The normalized spacial score (nSPS) is 12.7. The van der Waals surface area contributed by atoms with Crippen molar-refractivity contribution in [1.82, 2.24) is 15.0 Å². The zero-order chi connectivity index (χ0) is 13.1. The van der Waals surface area contributed by atoms with Gasteiger partial charge in [-0.3, -0.25) is 0 Å². The molecule has 0 amide bonds. The molecule has 1 N–H and O–H groups in total. The van der Waals surface area contributed by atoms with Gasteiger partial charge in [-0.1, -0.05) is 35.0 Å². The smallest absolute Gasteiger partial charge is 0.154 e. The van der Waals surface area contributed by atoms with Crippen LogP contribution in [0, 0.1) is 6.92 Å². The summed E-state index contributed by atoms with van der Waals surface area (Å²) in [4.78, 5) is 0. The third-order valence-corrected chi connectivity index (χ3v) is 3.53. The molecule has 0 saturated heterocycles. The fourth-order valence-corrected chi connectivity index (χ4v) is 2.48. The molecule has 1 atom stereocenters. The largest absolute Gasteiger partial charge is 0.387 e. The summed E-state index contributed by atoms with van der Waals surface area (Å²) in [5, 5.41) is 17.9. The first-order valence-electron chi connectivity index (χ1n) is 5.86. The van der Waals surface area contributed by atoms with E-state index in [9.17, 15) is 5.11 Å². The summed E-state index contributed by atoms with van der Waals surface area (Å²) in [7, 11) is 1.78. The van der Waals surface area contributed by atoms with Crippen molar-refractivity contribution >= 4 is 15.9 Å². The van der Waals surface area contributed by atoms with Crippen LogP contribution in [0.3, 0.4) is 0 Å². The molecule has 5 heteroatoms. The monoisotopic (exact) mass is 309 g/mol. The molecule has 4 nitrogen and oxygen atoms in total. The van der Waals surface area contributed by atoms with E-state index in [2.05, 4.69) is 57.4 Å². The molecule has 2 aromatic rings. The van der Waals surface area contributed by atoms with Gasteiger partial charge in [0.15, 0.2) is 4.60 Å². The van der Waals surface area contributed by atoms with Crippen LogP contribution in [0.15, 0.2) is 28.9 Å². The highest BCUT2D eigenvalue weighted by molar-refractivity contribution is 9.10. The maximum Gasteiger partial charge on any atom is 0.154 e. The third kappa shape index (κ3) is 2.97. The Morgan fingerprint density at radius 2 is 2.00 bits per heavy atom. The van der Waals surface area contributed by atoms with Crippen molar-refractivity contribution in [2.45, 2.75) is 25.9 Å². The number of hydrogen-bond donors (Lipinski definition) is 1. The van der Waals surface area contributed by atoms with Crippen molar-refractivity contribution in [1.29, 1.82) is 0 Å². The Balaban J connectivity index is 2.00. The number of nitrogens with zero attached hydrogens (tertiary/aromatic N) is 3. The molecule has 1 aromatic carbocycles. The second kappa shape index (κ2) is 5.63. The van der Waals surface area contributed by atoms with Crippen molar-refractivity contribution in [2.24, 2.45) is 7.05 Å². The average molecular weight is 310 g/mol. The molecule has 0 saturated carbocycles. The van der Waals surface area contributed by atoms with Crippen LogP contribution < -0.4 is 0 Å². The highest BCUT2D eigenvalue weighted by Crippen LogP contribution is 2.24. The molecule has 0 radical (unpaired) electrons. The molecule has 1 unspecified atom stereocenters. The first kappa shape index (κ1) is 13.2. The molecule has 96 valence electrons. The SMILES string of the molecule is Cc1ccc(CCC(O)c2c(Br)nnn2C)cc1. The minimum atomic E-state index is -0.555. The van der Waals surface area contributed by atoms with Crippen LogP contribution in [0.1, 0.15) is 29.3 Å². The lowest BCUT2D eigenvalue weighted by atomic mass is 10.0. The first-order valence-corrected chi connectivity index (χ1v) is 6.66. The van der Waals surface area contributed by atoms with Crippen LogP contribution in [-0.2, 0) is 13.5 Å². The average Bonchev–Trinajstić information content (AvgIpc) is 2.68. The van der Waals surface area contributed by atoms with E-state index in [4.69, 9.17) is 0 Å². The quantitative estimate of drug-likeness (QED) is 0.944. The molecule has 0 aliphatic carbocycles. The maximum atomic E-state index is 10.2. The summed E-state index contributed by atoms with van der Waals surface area (Å²) in [6.45, 7) is 2.07. The van der Waals surface area contributed by atoms with E-state index in [1.54, 1.807) is 11.7 Å². The van der Waals surface area contributed by atoms with Gasteiger partial charge in [-0.15, -0.1) is 5.10 Å². The van der Waals surface area contributed by atoms with Gasteiger partial charge in [0.25, 0.3) is 0 Å². The summed E-state index contributed by atoms with van der Waals surface area (Å²) in [6.07, 6.45) is 0.933. The van der Waals surface area contributed by atoms with Gasteiger partial charge in [0.2, 0.25) is 0 Å². The van der Waals surface area contributed by atoms with Crippen molar-refractivity contribution < 1.29 is 5.11 Å². The number of aromatic nitrogens is 3. The zero-order valence-electron chi connectivity index (χ0n) is 10.5. The number of aliphatic hydroxyl groups is 1. The van der Waals surface area contributed by atoms with Crippen molar-refractivity contribution in [3.63, 3.8) is 0 Å². The number of benzene rings is 1. The summed E-state index contributed by atoms with van der Waals surface area (Å²) in [5.41, 5.74) is 3.20. The van der Waals surface area contributed by atoms with Crippen LogP contribution in [0.25, 0.3) is 0 Å². The van der Waals surface area contributed by atoms with Gasteiger partial charge in [0, 0.05) is 7.05 Å². The lowest BCUT2D eigenvalue weighted by molar-refractivity contribution is 0.157.